The molecule has 0 aliphatic heterocycles. The molecule has 2 aliphatic carbocycles. The van der Waals surface area contributed by atoms with Crippen molar-refractivity contribution in [2.75, 3.05) is 0 Å². The molecule has 6 unspecified atom stereocenters. The minimum Gasteiger partial charge on any atom is -0.0651 e. The van der Waals surface area contributed by atoms with Gasteiger partial charge in [-0.1, -0.05) is 34.1 Å². The van der Waals surface area contributed by atoms with Gasteiger partial charge >= 0.3 is 0 Å². The predicted molar refractivity (Wildman–Crippen MR) is 52.9 cm³/mol. The number of hydrogen-bond donors (Lipinski definition) is 0. The lowest BCUT2D eigenvalue weighted by Gasteiger charge is -2.29. The first-order chi connectivity index (χ1) is 5.66. The summed E-state index contributed by atoms with van der Waals surface area (Å²) in [7, 11) is 0. The largest absolute Gasteiger partial charge is 0.0651 e. The van der Waals surface area contributed by atoms with Gasteiger partial charge in [-0.2, -0.15) is 0 Å². The van der Waals surface area contributed by atoms with Crippen molar-refractivity contribution in [2.45, 2.75) is 40.5 Å². The van der Waals surface area contributed by atoms with Crippen LogP contribution in [-0.4, -0.2) is 0 Å². The summed E-state index contributed by atoms with van der Waals surface area (Å²) < 4.78 is 0. The first kappa shape index (κ1) is 8.59. The zero-order valence-corrected chi connectivity index (χ0v) is 8.88. The summed E-state index contributed by atoms with van der Waals surface area (Å²) in [5, 5.41) is 0. The molecule has 0 aromatic carbocycles. The van der Waals surface area contributed by atoms with Crippen LogP contribution in [0, 0.1) is 35.5 Å². The molecule has 0 radical (unpaired) electrons. The monoisotopic (exact) mass is 166 g/mol. The fourth-order valence-corrected chi connectivity index (χ4v) is 4.30. The maximum atomic E-state index is 2.48. The van der Waals surface area contributed by atoms with E-state index in [1.165, 1.54) is 12.8 Å². The van der Waals surface area contributed by atoms with E-state index in [4.69, 9.17) is 0 Å². The molecule has 2 saturated carbocycles. The normalized spacial score (nSPS) is 58.0. The van der Waals surface area contributed by atoms with Gasteiger partial charge in [0, 0.05) is 0 Å². The van der Waals surface area contributed by atoms with Crippen LogP contribution in [0.5, 0.6) is 0 Å². The van der Waals surface area contributed by atoms with Crippen LogP contribution in [-0.2, 0) is 0 Å². The number of rotatable bonds is 1. The molecule has 0 aromatic heterocycles. The maximum absolute atomic E-state index is 2.48. The van der Waals surface area contributed by atoms with Crippen molar-refractivity contribution in [3.05, 3.63) is 0 Å². The van der Waals surface area contributed by atoms with Crippen LogP contribution >= 0.6 is 0 Å². The topological polar surface area (TPSA) is 0 Å². The van der Waals surface area contributed by atoms with Crippen molar-refractivity contribution in [3.8, 4) is 0 Å². The summed E-state index contributed by atoms with van der Waals surface area (Å²) in [5.74, 6) is 6.25. The van der Waals surface area contributed by atoms with Crippen LogP contribution in [0.3, 0.4) is 0 Å². The molecule has 2 bridgehead atoms. The molecule has 2 fully saturated rings. The molecule has 0 saturated heterocycles. The van der Waals surface area contributed by atoms with Gasteiger partial charge in [0.2, 0.25) is 0 Å². The summed E-state index contributed by atoms with van der Waals surface area (Å²) in [6, 6.07) is 0. The third kappa shape index (κ3) is 0.900. The van der Waals surface area contributed by atoms with Gasteiger partial charge in [0.1, 0.15) is 0 Å². The van der Waals surface area contributed by atoms with Crippen molar-refractivity contribution >= 4 is 0 Å². The Kier molecular flexibility index (Phi) is 1.97. The Balaban J connectivity index is 2.21. The molecule has 0 amide bonds. The molecule has 0 heteroatoms. The van der Waals surface area contributed by atoms with E-state index in [0.29, 0.717) is 0 Å². The minimum absolute atomic E-state index is 1.00. The Labute approximate surface area is 76.7 Å². The molecular weight excluding hydrogens is 144 g/mol. The Morgan fingerprint density at radius 3 is 2.17 bits per heavy atom. The van der Waals surface area contributed by atoms with E-state index in [-0.39, 0.29) is 0 Å². The van der Waals surface area contributed by atoms with Gasteiger partial charge in [-0.15, -0.1) is 0 Å². The second-order valence-corrected chi connectivity index (χ2v) is 5.24. The molecular formula is C12H22. The van der Waals surface area contributed by atoms with Gasteiger partial charge in [-0.25, -0.2) is 0 Å². The van der Waals surface area contributed by atoms with Crippen LogP contribution in [0.1, 0.15) is 40.5 Å². The SMILES string of the molecule is CCC1C2CC(C)C1C(C)C2C. The van der Waals surface area contributed by atoms with Gasteiger partial charge in [0.05, 0.1) is 0 Å². The lowest BCUT2D eigenvalue weighted by atomic mass is 9.76. The highest BCUT2D eigenvalue weighted by molar-refractivity contribution is 5.01. The average Bonchev–Trinajstić information content (AvgIpc) is 2.47. The predicted octanol–water partition coefficient (Wildman–Crippen LogP) is 3.57. The lowest BCUT2D eigenvalue weighted by Crippen LogP contribution is -2.22. The molecule has 0 nitrogen and oxygen atoms in total. The summed E-state index contributed by atoms with van der Waals surface area (Å²) in [4.78, 5) is 0. The highest BCUT2D eigenvalue weighted by Crippen LogP contribution is 2.59. The molecule has 6 atom stereocenters. The molecule has 0 aromatic rings. The van der Waals surface area contributed by atoms with E-state index in [2.05, 4.69) is 27.7 Å². The molecule has 0 N–H and O–H groups in total. The average molecular weight is 166 g/mol. The van der Waals surface area contributed by atoms with Crippen molar-refractivity contribution in [1.29, 1.82) is 0 Å². The van der Waals surface area contributed by atoms with E-state index in [0.717, 1.165) is 35.5 Å². The summed E-state index contributed by atoms with van der Waals surface area (Å²) in [6.07, 6.45) is 2.95. The van der Waals surface area contributed by atoms with Crippen LogP contribution in [0.15, 0.2) is 0 Å². The summed E-state index contributed by atoms with van der Waals surface area (Å²) >= 11 is 0. The lowest BCUT2D eigenvalue weighted by molar-refractivity contribution is 0.199. The van der Waals surface area contributed by atoms with Gasteiger partial charge in [-0.05, 0) is 41.9 Å². The standard InChI is InChI=1S/C12H22/c1-5-10-11-6-7(2)12(10)9(4)8(11)3/h7-12H,5-6H2,1-4H3. The van der Waals surface area contributed by atoms with E-state index in [1.54, 1.807) is 0 Å². The summed E-state index contributed by atoms with van der Waals surface area (Å²) in [5.41, 5.74) is 0. The first-order valence-corrected chi connectivity index (χ1v) is 5.66. The van der Waals surface area contributed by atoms with Gasteiger partial charge in [0.15, 0.2) is 0 Å². The van der Waals surface area contributed by atoms with Crippen LogP contribution in [0.2, 0.25) is 0 Å². The third-order valence-electron chi connectivity index (χ3n) is 4.93. The molecule has 2 aliphatic rings. The third-order valence-corrected chi connectivity index (χ3v) is 4.93. The molecule has 0 heterocycles. The fraction of sp³-hybridized carbons (Fsp3) is 1.00. The Bertz CT molecular complexity index is 173. The van der Waals surface area contributed by atoms with Crippen LogP contribution in [0.4, 0.5) is 0 Å². The van der Waals surface area contributed by atoms with Crippen LogP contribution < -0.4 is 0 Å². The molecule has 12 heavy (non-hydrogen) atoms. The van der Waals surface area contributed by atoms with E-state index in [1.807, 2.05) is 0 Å². The van der Waals surface area contributed by atoms with Crippen molar-refractivity contribution in [1.82, 2.24) is 0 Å². The Morgan fingerprint density at radius 1 is 1.08 bits per heavy atom. The van der Waals surface area contributed by atoms with E-state index < -0.39 is 0 Å². The summed E-state index contributed by atoms with van der Waals surface area (Å²) in [6.45, 7) is 9.81. The highest BCUT2D eigenvalue weighted by Gasteiger charge is 2.52. The second kappa shape index (κ2) is 2.75. The maximum Gasteiger partial charge on any atom is -0.0329 e. The van der Waals surface area contributed by atoms with Crippen LogP contribution in [0.25, 0.3) is 0 Å². The molecule has 70 valence electrons. The van der Waals surface area contributed by atoms with E-state index in [9.17, 15) is 0 Å². The van der Waals surface area contributed by atoms with Gasteiger partial charge in [0.25, 0.3) is 0 Å². The fourth-order valence-electron chi connectivity index (χ4n) is 4.30. The Morgan fingerprint density at radius 2 is 1.75 bits per heavy atom. The molecule has 0 spiro atoms. The van der Waals surface area contributed by atoms with Gasteiger partial charge < -0.3 is 0 Å². The molecule has 2 rings (SSSR count). The van der Waals surface area contributed by atoms with Gasteiger partial charge in [-0.3, -0.25) is 0 Å². The Hall–Kier alpha value is 0. The first-order valence-electron chi connectivity index (χ1n) is 5.66. The number of hydrogen-bond acceptors (Lipinski definition) is 0. The van der Waals surface area contributed by atoms with Crippen molar-refractivity contribution in [2.24, 2.45) is 35.5 Å². The minimum atomic E-state index is 1.00. The van der Waals surface area contributed by atoms with Crippen molar-refractivity contribution in [3.63, 3.8) is 0 Å². The number of fused-ring (bicyclic) bond motifs is 2. The van der Waals surface area contributed by atoms with Crippen molar-refractivity contribution < 1.29 is 0 Å². The second-order valence-electron chi connectivity index (χ2n) is 5.24. The zero-order chi connectivity index (χ0) is 8.88. The highest BCUT2D eigenvalue weighted by atomic mass is 14.6. The quantitative estimate of drug-likeness (QED) is 0.558. The van der Waals surface area contributed by atoms with E-state index >= 15 is 0 Å². The zero-order valence-electron chi connectivity index (χ0n) is 8.88. The smallest absolute Gasteiger partial charge is 0.0329 e.